The Balaban J connectivity index is 1.42. The molecular weight excluding hydrogens is 386 g/mol. The quantitative estimate of drug-likeness (QED) is 0.514. The smallest absolute Gasteiger partial charge is 0.0642 e. The van der Waals surface area contributed by atoms with Crippen LogP contribution in [-0.2, 0) is 11.8 Å². The molecule has 0 bridgehead atoms. The van der Waals surface area contributed by atoms with Gasteiger partial charge in [-0.3, -0.25) is 5.01 Å². The van der Waals surface area contributed by atoms with E-state index in [-0.39, 0.29) is 0 Å². The van der Waals surface area contributed by atoms with Crippen LogP contribution in [-0.4, -0.2) is 55.9 Å². The van der Waals surface area contributed by atoms with Crippen molar-refractivity contribution in [2.24, 2.45) is 12.9 Å². The van der Waals surface area contributed by atoms with E-state index in [9.17, 15) is 0 Å². The van der Waals surface area contributed by atoms with E-state index in [1.54, 1.807) is 5.01 Å². The summed E-state index contributed by atoms with van der Waals surface area (Å²) in [6.45, 7) is 5.75. The fourth-order valence-corrected chi connectivity index (χ4v) is 5.01. The molecule has 2 aromatic carbocycles. The van der Waals surface area contributed by atoms with Crippen molar-refractivity contribution < 1.29 is 4.74 Å². The average Bonchev–Trinajstić information content (AvgIpc) is 3.15. The van der Waals surface area contributed by atoms with Gasteiger partial charge in [0.05, 0.1) is 30.1 Å². The first-order valence-electron chi connectivity index (χ1n) is 11.4. The highest BCUT2D eigenvalue weighted by molar-refractivity contribution is 5.88. The van der Waals surface area contributed by atoms with Crippen molar-refractivity contribution in [1.82, 2.24) is 9.47 Å². The number of nitrogens with two attached hydrogens (primary N) is 1. The molecule has 3 aromatic rings. The zero-order valence-corrected chi connectivity index (χ0v) is 18.6. The lowest BCUT2D eigenvalue weighted by Crippen LogP contribution is -2.36. The van der Waals surface area contributed by atoms with Crippen LogP contribution in [0.2, 0.25) is 0 Å². The fraction of sp³-hybridized carbons (Fsp3) is 0.440. The number of nitrogens with zero attached hydrogens (tertiary/aromatic N) is 4. The van der Waals surface area contributed by atoms with Gasteiger partial charge < -0.3 is 19.1 Å². The van der Waals surface area contributed by atoms with Gasteiger partial charge in [0.25, 0.3) is 0 Å². The Bertz CT molecular complexity index is 1050. The van der Waals surface area contributed by atoms with Crippen LogP contribution in [0.25, 0.3) is 10.9 Å². The Morgan fingerprint density at radius 3 is 2.45 bits per heavy atom. The molecular formula is C25H33N5O. The van der Waals surface area contributed by atoms with Gasteiger partial charge in [0.15, 0.2) is 0 Å². The highest BCUT2D eigenvalue weighted by Crippen LogP contribution is 2.36. The third-order valence-corrected chi connectivity index (χ3v) is 6.93. The molecule has 0 amide bonds. The molecule has 0 spiro atoms. The third-order valence-electron chi connectivity index (χ3n) is 6.93. The molecule has 2 fully saturated rings. The van der Waals surface area contributed by atoms with Gasteiger partial charge in [-0.25, -0.2) is 5.84 Å². The topological polar surface area (TPSA) is 49.9 Å². The number of anilines is 3. The maximum atomic E-state index is 6.60. The minimum Gasteiger partial charge on any atom is -0.378 e. The highest BCUT2D eigenvalue weighted by Gasteiger charge is 2.22. The molecule has 2 N–H and O–H groups in total. The number of fused-ring (bicyclic) bond motifs is 1. The summed E-state index contributed by atoms with van der Waals surface area (Å²) >= 11 is 0. The Morgan fingerprint density at radius 1 is 0.935 bits per heavy atom. The minimum absolute atomic E-state index is 0.643. The summed E-state index contributed by atoms with van der Waals surface area (Å²) in [5.41, 5.74) is 5.91. The van der Waals surface area contributed by atoms with E-state index in [2.05, 4.69) is 77.1 Å². The molecule has 0 atom stereocenters. The van der Waals surface area contributed by atoms with E-state index in [0.717, 1.165) is 37.7 Å². The average molecular weight is 420 g/mol. The largest absolute Gasteiger partial charge is 0.378 e. The van der Waals surface area contributed by atoms with Gasteiger partial charge in [-0.1, -0.05) is 12.1 Å². The number of ether oxygens (including phenoxy) is 1. The maximum Gasteiger partial charge on any atom is 0.0642 e. The third kappa shape index (κ3) is 4.03. The number of aromatic nitrogens is 1. The number of rotatable bonds is 4. The van der Waals surface area contributed by atoms with Crippen molar-refractivity contribution >= 4 is 28.0 Å². The zero-order valence-electron chi connectivity index (χ0n) is 18.6. The molecule has 6 nitrogen and oxygen atoms in total. The van der Waals surface area contributed by atoms with E-state index in [0.29, 0.717) is 5.92 Å². The molecule has 5 rings (SSSR count). The number of aryl methyl sites for hydroxylation is 1. The Kier molecular flexibility index (Phi) is 5.61. The Labute approximate surface area is 184 Å². The zero-order chi connectivity index (χ0) is 21.4. The Morgan fingerprint density at radius 2 is 1.68 bits per heavy atom. The monoisotopic (exact) mass is 419 g/mol. The van der Waals surface area contributed by atoms with Crippen molar-refractivity contribution in [3.8, 4) is 0 Å². The van der Waals surface area contributed by atoms with E-state index >= 15 is 0 Å². The summed E-state index contributed by atoms with van der Waals surface area (Å²) in [5, 5.41) is 3.15. The van der Waals surface area contributed by atoms with Gasteiger partial charge in [-0.05, 0) is 74.8 Å². The molecule has 0 radical (unpaired) electrons. The number of benzene rings is 2. The van der Waals surface area contributed by atoms with Crippen LogP contribution < -0.4 is 15.8 Å². The highest BCUT2D eigenvalue weighted by atomic mass is 16.5. The minimum atomic E-state index is 0.643. The first-order chi connectivity index (χ1) is 15.1. The van der Waals surface area contributed by atoms with Gasteiger partial charge in [0.1, 0.15) is 0 Å². The summed E-state index contributed by atoms with van der Waals surface area (Å²) in [6, 6.07) is 15.1. The van der Waals surface area contributed by atoms with Crippen LogP contribution in [0.15, 0.2) is 48.7 Å². The van der Waals surface area contributed by atoms with Crippen LogP contribution in [0.3, 0.4) is 0 Å². The molecule has 2 aliphatic rings. The van der Waals surface area contributed by atoms with E-state index in [1.165, 1.54) is 48.1 Å². The number of morpholine rings is 1. The number of hydrogen-bond acceptors (Lipinski definition) is 5. The van der Waals surface area contributed by atoms with Gasteiger partial charge in [-0.2, -0.15) is 0 Å². The molecule has 31 heavy (non-hydrogen) atoms. The summed E-state index contributed by atoms with van der Waals surface area (Å²) in [7, 11) is 4.36. The van der Waals surface area contributed by atoms with E-state index in [4.69, 9.17) is 10.6 Å². The standard InChI is InChI=1S/C25H33N5O/c1-27-10-8-19(9-11-27)24-18-28(2)25-17-22(6-7-23(24)25)30(26)21-5-3-4-20(16-21)29-12-14-31-15-13-29/h3-7,16-19H,8-15,26H2,1-2H3. The summed E-state index contributed by atoms with van der Waals surface area (Å²) < 4.78 is 7.74. The molecule has 6 heteroatoms. The summed E-state index contributed by atoms with van der Waals surface area (Å²) in [4.78, 5) is 4.78. The summed E-state index contributed by atoms with van der Waals surface area (Å²) in [5.74, 6) is 7.24. The second-order valence-electron chi connectivity index (χ2n) is 8.96. The molecule has 0 unspecified atom stereocenters. The first-order valence-corrected chi connectivity index (χ1v) is 11.4. The first kappa shape index (κ1) is 20.4. The predicted molar refractivity (Wildman–Crippen MR) is 128 cm³/mol. The maximum absolute atomic E-state index is 6.60. The van der Waals surface area contributed by atoms with Crippen molar-refractivity contribution in [2.45, 2.75) is 18.8 Å². The lowest BCUT2D eigenvalue weighted by molar-refractivity contribution is 0.122. The van der Waals surface area contributed by atoms with Gasteiger partial charge in [0, 0.05) is 37.4 Å². The van der Waals surface area contributed by atoms with Crippen molar-refractivity contribution in [3.05, 3.63) is 54.2 Å². The lowest BCUT2D eigenvalue weighted by Gasteiger charge is -2.30. The van der Waals surface area contributed by atoms with Gasteiger partial charge >= 0.3 is 0 Å². The fourth-order valence-electron chi connectivity index (χ4n) is 5.01. The van der Waals surface area contributed by atoms with Crippen molar-refractivity contribution in [2.75, 3.05) is 56.3 Å². The lowest BCUT2D eigenvalue weighted by atomic mass is 9.89. The van der Waals surface area contributed by atoms with Crippen LogP contribution in [0.4, 0.5) is 17.1 Å². The van der Waals surface area contributed by atoms with Crippen LogP contribution in [0.5, 0.6) is 0 Å². The number of hydrazine groups is 1. The molecule has 1 aromatic heterocycles. The van der Waals surface area contributed by atoms with Gasteiger partial charge in [-0.15, -0.1) is 0 Å². The number of likely N-dealkylation sites (tertiary alicyclic amines) is 1. The second kappa shape index (κ2) is 8.54. The molecule has 2 saturated heterocycles. The van der Waals surface area contributed by atoms with Gasteiger partial charge in [0.2, 0.25) is 0 Å². The van der Waals surface area contributed by atoms with E-state index < -0.39 is 0 Å². The second-order valence-corrected chi connectivity index (χ2v) is 8.96. The van der Waals surface area contributed by atoms with Crippen molar-refractivity contribution in [3.63, 3.8) is 0 Å². The van der Waals surface area contributed by atoms with Crippen LogP contribution in [0.1, 0.15) is 24.3 Å². The Hall–Kier alpha value is -2.54. The number of hydrogen-bond donors (Lipinski definition) is 1. The molecule has 2 aliphatic heterocycles. The molecule has 164 valence electrons. The normalized spacial score (nSPS) is 18.6. The molecule has 3 heterocycles. The van der Waals surface area contributed by atoms with Crippen LogP contribution >= 0.6 is 0 Å². The summed E-state index contributed by atoms with van der Waals surface area (Å²) in [6.07, 6.45) is 4.79. The van der Waals surface area contributed by atoms with E-state index in [1.807, 2.05) is 0 Å². The number of piperidine rings is 1. The van der Waals surface area contributed by atoms with Crippen LogP contribution in [0, 0.1) is 0 Å². The molecule has 0 saturated carbocycles. The SMILES string of the molecule is CN1CCC(c2cn(C)c3cc(N(N)c4cccc(N5CCOCC5)c4)ccc23)CC1. The molecule has 0 aliphatic carbocycles. The van der Waals surface area contributed by atoms with Crippen molar-refractivity contribution in [1.29, 1.82) is 0 Å². The predicted octanol–water partition coefficient (Wildman–Crippen LogP) is 3.84.